The fourth-order valence-corrected chi connectivity index (χ4v) is 8.13. The van der Waals surface area contributed by atoms with Gasteiger partial charge in [-0.15, -0.1) is 0 Å². The van der Waals surface area contributed by atoms with Gasteiger partial charge in [-0.25, -0.2) is 0 Å². The molecule has 4 nitrogen and oxygen atoms in total. The molecule has 0 aromatic rings. The fraction of sp³-hybridized carbons (Fsp3) is 1.00. The summed E-state index contributed by atoms with van der Waals surface area (Å²) in [6, 6.07) is 0.953. The maximum absolute atomic E-state index is 6.11. The summed E-state index contributed by atoms with van der Waals surface area (Å²) in [5.41, 5.74) is 0. The van der Waals surface area contributed by atoms with Crippen LogP contribution in [0.1, 0.15) is 138 Å². The maximum Gasteiger partial charge on any atom is 0.501 e. The van der Waals surface area contributed by atoms with Gasteiger partial charge in [0, 0.05) is 32.3 Å². The molecule has 35 heavy (non-hydrogen) atoms. The molecule has 0 aromatic heterocycles. The number of hydrogen-bond acceptors (Lipinski definition) is 3. The van der Waals surface area contributed by atoms with Gasteiger partial charge in [-0.1, -0.05) is 85.0 Å². The van der Waals surface area contributed by atoms with Gasteiger partial charge in [-0.05, 0) is 46.5 Å². The first-order valence-corrected chi connectivity index (χ1v) is 17.3. The second-order valence-electron chi connectivity index (χ2n) is 10.2. The molecule has 0 aliphatic carbocycles. The molecule has 0 aliphatic rings. The van der Waals surface area contributed by atoms with E-state index in [0.717, 1.165) is 12.5 Å². The normalized spacial score (nSPS) is 12.2. The highest BCUT2D eigenvalue weighted by Crippen LogP contribution is 2.22. The monoisotopic (exact) mass is 537 g/mol. The van der Waals surface area contributed by atoms with E-state index in [1.54, 1.807) is 0 Å². The third kappa shape index (κ3) is 19.1. The summed E-state index contributed by atoms with van der Waals surface area (Å²) in [5, 5.41) is 0. The molecule has 0 radical (unpaired) electrons. The van der Waals surface area contributed by atoms with E-state index in [1.807, 2.05) is 0 Å². The molecular formula is C29H64ClNO3Si. The van der Waals surface area contributed by atoms with Gasteiger partial charge in [0.15, 0.2) is 0 Å². The highest BCUT2D eigenvalue weighted by molar-refractivity contribution is 6.60. The van der Waals surface area contributed by atoms with E-state index in [4.69, 9.17) is 13.3 Å². The first kappa shape index (κ1) is 37.5. The second kappa shape index (κ2) is 26.0. The van der Waals surface area contributed by atoms with Crippen LogP contribution in [0.2, 0.25) is 6.04 Å². The molecule has 0 bridgehead atoms. The highest BCUT2D eigenvalue weighted by atomic mass is 35.5. The summed E-state index contributed by atoms with van der Waals surface area (Å²) in [6.07, 6.45) is 20.8. The van der Waals surface area contributed by atoms with Crippen LogP contribution in [0.3, 0.4) is 0 Å². The smallest absolute Gasteiger partial charge is 0.501 e. The molecule has 0 saturated heterocycles. The standard InChI is InChI=1S/C29H64NO3Si.ClH/c1-7-13-14-15-16-17-18-19-20-21-22-23-27-30(25-8-2,26-9-3)28-24-29-34(31-10-4,32-11-5)33-12-6;/h7-29H2,1-6H3;1H/q+1;/p-1. The molecule has 0 rings (SSSR count). The molecule has 0 fully saturated rings. The van der Waals surface area contributed by atoms with E-state index in [9.17, 15) is 0 Å². The zero-order valence-electron chi connectivity index (χ0n) is 24.8. The van der Waals surface area contributed by atoms with Crippen molar-refractivity contribution in [3.8, 4) is 0 Å². The minimum absolute atomic E-state index is 0. The van der Waals surface area contributed by atoms with E-state index >= 15 is 0 Å². The zero-order valence-corrected chi connectivity index (χ0v) is 26.6. The average molecular weight is 538 g/mol. The number of nitrogens with zero attached hydrogens (tertiary/aromatic N) is 1. The summed E-state index contributed by atoms with van der Waals surface area (Å²) in [5.74, 6) is 0. The topological polar surface area (TPSA) is 27.7 Å². The van der Waals surface area contributed by atoms with Crippen molar-refractivity contribution in [3.05, 3.63) is 0 Å². The minimum atomic E-state index is -2.52. The molecule has 0 aliphatic heterocycles. The van der Waals surface area contributed by atoms with Crippen LogP contribution in [0.4, 0.5) is 0 Å². The Kier molecular flexibility index (Phi) is 27.8. The molecular weight excluding hydrogens is 474 g/mol. The van der Waals surface area contributed by atoms with Crippen LogP contribution in [0.15, 0.2) is 0 Å². The third-order valence-electron chi connectivity index (χ3n) is 7.09. The number of halogens is 1. The fourth-order valence-electron chi connectivity index (χ4n) is 5.54. The molecule has 0 unspecified atom stereocenters. The van der Waals surface area contributed by atoms with Crippen LogP contribution in [0.25, 0.3) is 0 Å². The summed E-state index contributed by atoms with van der Waals surface area (Å²) >= 11 is 0. The van der Waals surface area contributed by atoms with Crippen LogP contribution in [0.5, 0.6) is 0 Å². The number of unbranched alkanes of at least 4 members (excludes halogenated alkanes) is 11. The van der Waals surface area contributed by atoms with Gasteiger partial charge >= 0.3 is 8.80 Å². The SMILES string of the molecule is CCCCCCCCCCCCCC[N+](CCC)(CCC)CCC[Si](OCC)(OCC)OCC.[Cl-]. The molecule has 0 amide bonds. The lowest BCUT2D eigenvalue weighted by Gasteiger charge is -2.39. The van der Waals surface area contributed by atoms with Crippen molar-refractivity contribution < 1.29 is 30.2 Å². The molecule has 0 saturated carbocycles. The molecule has 6 heteroatoms. The van der Waals surface area contributed by atoms with Crippen molar-refractivity contribution in [2.24, 2.45) is 0 Å². The predicted molar refractivity (Wildman–Crippen MR) is 151 cm³/mol. The molecule has 0 spiro atoms. The van der Waals surface area contributed by atoms with E-state index in [2.05, 4.69) is 41.5 Å². The Hall–Kier alpha value is 0.347. The van der Waals surface area contributed by atoms with Crippen LogP contribution in [0, 0.1) is 0 Å². The van der Waals surface area contributed by atoms with Crippen molar-refractivity contribution in [3.63, 3.8) is 0 Å². The van der Waals surface area contributed by atoms with Gasteiger partial charge in [0.25, 0.3) is 0 Å². The third-order valence-corrected chi connectivity index (χ3v) is 10.2. The summed E-state index contributed by atoms with van der Waals surface area (Å²) in [7, 11) is -2.52. The summed E-state index contributed by atoms with van der Waals surface area (Å²) in [6.45, 7) is 20.4. The lowest BCUT2D eigenvalue weighted by Crippen LogP contribution is -3.00. The van der Waals surface area contributed by atoms with Crippen LogP contribution >= 0.6 is 0 Å². The Morgan fingerprint density at radius 3 is 1.17 bits per heavy atom. The maximum atomic E-state index is 6.11. The first-order valence-electron chi connectivity index (χ1n) is 15.3. The van der Waals surface area contributed by atoms with Gasteiger partial charge in [-0.2, -0.15) is 0 Å². The number of quaternary nitrogens is 1. The largest absolute Gasteiger partial charge is 1.00 e. The van der Waals surface area contributed by atoms with Crippen LogP contribution < -0.4 is 12.4 Å². The zero-order chi connectivity index (χ0) is 25.4. The Labute approximate surface area is 228 Å². The van der Waals surface area contributed by atoms with Crippen LogP contribution in [-0.2, 0) is 13.3 Å². The molecule has 0 aromatic carbocycles. The van der Waals surface area contributed by atoms with Crippen molar-refractivity contribution >= 4 is 8.80 Å². The lowest BCUT2D eigenvalue weighted by molar-refractivity contribution is -0.928. The molecule has 0 atom stereocenters. The molecule has 0 heterocycles. The van der Waals surface area contributed by atoms with Gasteiger partial charge in [0.2, 0.25) is 0 Å². The molecule has 214 valence electrons. The average Bonchev–Trinajstić information content (AvgIpc) is 2.81. The highest BCUT2D eigenvalue weighted by Gasteiger charge is 2.40. The first-order chi connectivity index (χ1) is 16.6. The Morgan fingerprint density at radius 2 is 0.800 bits per heavy atom. The molecule has 0 N–H and O–H groups in total. The lowest BCUT2D eigenvalue weighted by atomic mass is 10.0. The van der Waals surface area contributed by atoms with Gasteiger partial charge in [0.1, 0.15) is 0 Å². The van der Waals surface area contributed by atoms with E-state index in [1.165, 1.54) is 121 Å². The van der Waals surface area contributed by atoms with E-state index in [-0.39, 0.29) is 12.4 Å². The summed E-state index contributed by atoms with van der Waals surface area (Å²) in [4.78, 5) is 0. The summed E-state index contributed by atoms with van der Waals surface area (Å²) < 4.78 is 19.6. The Morgan fingerprint density at radius 1 is 0.429 bits per heavy atom. The van der Waals surface area contributed by atoms with E-state index in [0.29, 0.717) is 19.8 Å². The van der Waals surface area contributed by atoms with Crippen molar-refractivity contribution in [1.82, 2.24) is 0 Å². The Balaban J connectivity index is 0. The van der Waals surface area contributed by atoms with Gasteiger partial charge in [-0.3, -0.25) is 0 Å². The van der Waals surface area contributed by atoms with Crippen molar-refractivity contribution in [1.29, 1.82) is 0 Å². The Bertz CT molecular complexity index is 406. The predicted octanol–water partition coefficient (Wildman–Crippen LogP) is 5.77. The van der Waals surface area contributed by atoms with Crippen LogP contribution in [-0.4, -0.2) is 59.3 Å². The van der Waals surface area contributed by atoms with E-state index < -0.39 is 8.80 Å². The van der Waals surface area contributed by atoms with Crippen molar-refractivity contribution in [2.75, 3.05) is 46.0 Å². The minimum Gasteiger partial charge on any atom is -1.00 e. The second-order valence-corrected chi connectivity index (χ2v) is 12.9. The van der Waals surface area contributed by atoms with Gasteiger partial charge in [0.05, 0.1) is 26.2 Å². The van der Waals surface area contributed by atoms with Crippen molar-refractivity contribution in [2.45, 2.75) is 144 Å². The van der Waals surface area contributed by atoms with Gasteiger partial charge < -0.3 is 30.2 Å². The number of rotatable bonds is 27. The number of hydrogen-bond donors (Lipinski definition) is 0. The quantitative estimate of drug-likeness (QED) is 0.0756.